The second kappa shape index (κ2) is 4.79. The van der Waals surface area contributed by atoms with Crippen LogP contribution in [0.3, 0.4) is 0 Å². The second-order valence-electron chi connectivity index (χ2n) is 4.15. The van der Waals surface area contributed by atoms with E-state index in [-0.39, 0.29) is 12.2 Å². The zero-order valence-electron chi connectivity index (χ0n) is 8.75. The summed E-state index contributed by atoms with van der Waals surface area (Å²) in [4.78, 5) is 23.0. The highest BCUT2D eigenvalue weighted by molar-refractivity contribution is 6.25. The molecule has 0 amide bonds. The Bertz CT molecular complexity index is 309. The number of carbonyl (C=O) groups excluding carboxylic acids is 1. The highest BCUT2D eigenvalue weighted by atomic mass is 35.5. The first kappa shape index (κ1) is 12.2. The van der Waals surface area contributed by atoms with E-state index in [1.807, 2.05) is 0 Å². The average Bonchev–Trinajstić information content (AvgIpc) is 2.21. The zero-order valence-corrected chi connectivity index (χ0v) is 9.51. The molecule has 0 heterocycles. The molecule has 1 rings (SSSR count). The Morgan fingerprint density at radius 1 is 1.60 bits per heavy atom. The maximum atomic E-state index is 11.8. The van der Waals surface area contributed by atoms with E-state index >= 15 is 0 Å². The van der Waals surface area contributed by atoms with E-state index in [9.17, 15) is 14.7 Å². The molecule has 15 heavy (non-hydrogen) atoms. The lowest BCUT2D eigenvalue weighted by Crippen LogP contribution is -2.41. The van der Waals surface area contributed by atoms with E-state index in [2.05, 4.69) is 0 Å². The zero-order chi connectivity index (χ0) is 11.5. The van der Waals surface area contributed by atoms with Crippen molar-refractivity contribution in [3.63, 3.8) is 0 Å². The summed E-state index contributed by atoms with van der Waals surface area (Å²) in [6.45, 7) is 1.75. The third-order valence-corrected chi connectivity index (χ3v) is 3.34. The molecule has 1 saturated carbocycles. The maximum Gasteiger partial charge on any atom is 0.317 e. The number of hydrogen-bond donors (Lipinski definition) is 1. The van der Waals surface area contributed by atoms with Crippen LogP contribution in [0.2, 0.25) is 0 Å². The number of ketones is 1. The number of hydrogen-bond acceptors (Lipinski definition) is 2. The molecular formula is C11H15ClO3. The third kappa shape index (κ3) is 2.40. The van der Waals surface area contributed by atoms with Crippen LogP contribution in [0.25, 0.3) is 0 Å². The molecule has 1 N–H and O–H groups in total. The number of allylic oxidation sites excluding steroid dienone is 1. The van der Waals surface area contributed by atoms with Crippen LogP contribution in [0.4, 0.5) is 0 Å². The lowest BCUT2D eigenvalue weighted by Gasteiger charge is -2.31. The molecule has 0 saturated heterocycles. The van der Waals surface area contributed by atoms with E-state index in [4.69, 9.17) is 11.6 Å². The van der Waals surface area contributed by atoms with Crippen molar-refractivity contribution < 1.29 is 14.7 Å². The highest BCUT2D eigenvalue weighted by Gasteiger charge is 2.46. The number of Topliss-reactive ketones (excluding diaryl/α,β-unsaturated/α-hetero) is 1. The van der Waals surface area contributed by atoms with Crippen LogP contribution < -0.4 is 0 Å². The summed E-state index contributed by atoms with van der Waals surface area (Å²) in [5.74, 6) is -1.16. The molecule has 0 aromatic rings. The maximum absolute atomic E-state index is 11.8. The molecule has 0 bridgehead atoms. The number of halogens is 1. The van der Waals surface area contributed by atoms with Crippen LogP contribution in [0.15, 0.2) is 11.1 Å². The molecule has 0 aliphatic heterocycles. The molecule has 1 aliphatic carbocycles. The molecule has 0 spiro atoms. The van der Waals surface area contributed by atoms with E-state index < -0.39 is 11.4 Å². The summed E-state index contributed by atoms with van der Waals surface area (Å²) in [7, 11) is 0. The van der Waals surface area contributed by atoms with Crippen molar-refractivity contribution in [2.75, 3.05) is 0 Å². The van der Waals surface area contributed by atoms with Gasteiger partial charge in [-0.25, -0.2) is 0 Å². The van der Waals surface area contributed by atoms with Gasteiger partial charge in [0.25, 0.3) is 0 Å². The van der Waals surface area contributed by atoms with Gasteiger partial charge in [0.05, 0.1) is 0 Å². The van der Waals surface area contributed by atoms with E-state index in [0.717, 1.165) is 18.4 Å². The van der Waals surface area contributed by atoms with Gasteiger partial charge in [-0.15, -0.1) is 0 Å². The molecule has 4 heteroatoms. The fourth-order valence-electron chi connectivity index (χ4n) is 2.09. The minimum atomic E-state index is -1.21. The summed E-state index contributed by atoms with van der Waals surface area (Å²) >= 11 is 5.52. The first-order valence-electron chi connectivity index (χ1n) is 5.05. The minimum absolute atomic E-state index is 0.154. The Morgan fingerprint density at radius 2 is 2.27 bits per heavy atom. The standard InChI is InChI=1S/C11H15ClO3/c1-8(7-12)6-11(10(14)15)5-3-2-4-9(11)13/h7H,2-6H2,1H3,(H,14,15). The average molecular weight is 231 g/mol. The molecule has 1 unspecified atom stereocenters. The lowest BCUT2D eigenvalue weighted by atomic mass is 9.69. The van der Waals surface area contributed by atoms with Crippen molar-refractivity contribution in [1.29, 1.82) is 0 Å². The van der Waals surface area contributed by atoms with Crippen LogP contribution in [0.1, 0.15) is 39.0 Å². The number of carboxylic acids is 1. The Balaban J connectivity index is 2.96. The van der Waals surface area contributed by atoms with Gasteiger partial charge in [0, 0.05) is 12.0 Å². The van der Waals surface area contributed by atoms with Crippen molar-refractivity contribution in [3.05, 3.63) is 11.1 Å². The fraction of sp³-hybridized carbons (Fsp3) is 0.636. The normalized spacial score (nSPS) is 27.9. The molecule has 0 aromatic heterocycles. The number of rotatable bonds is 3. The Labute approximate surface area is 94.1 Å². The van der Waals surface area contributed by atoms with Crippen molar-refractivity contribution in [1.82, 2.24) is 0 Å². The first-order chi connectivity index (χ1) is 7.03. The van der Waals surface area contributed by atoms with Crippen LogP contribution in [0, 0.1) is 5.41 Å². The molecule has 84 valence electrons. The Kier molecular flexibility index (Phi) is 3.91. The predicted molar refractivity (Wildman–Crippen MR) is 57.8 cm³/mol. The SMILES string of the molecule is CC(=CCl)CC1(C(=O)O)CCCCC1=O. The monoisotopic (exact) mass is 230 g/mol. The highest BCUT2D eigenvalue weighted by Crippen LogP contribution is 2.39. The van der Waals surface area contributed by atoms with Crippen LogP contribution in [-0.4, -0.2) is 16.9 Å². The quantitative estimate of drug-likeness (QED) is 0.759. The van der Waals surface area contributed by atoms with Gasteiger partial charge in [0.1, 0.15) is 5.41 Å². The largest absolute Gasteiger partial charge is 0.480 e. The Hall–Kier alpha value is -0.830. The second-order valence-corrected chi connectivity index (χ2v) is 4.37. The van der Waals surface area contributed by atoms with Crippen LogP contribution >= 0.6 is 11.6 Å². The van der Waals surface area contributed by atoms with Gasteiger partial charge in [0.15, 0.2) is 5.78 Å². The molecule has 0 radical (unpaired) electrons. The number of carboxylic acid groups (broad SMARTS) is 1. The van der Waals surface area contributed by atoms with Gasteiger partial charge in [0.2, 0.25) is 0 Å². The summed E-state index contributed by atoms with van der Waals surface area (Å²) < 4.78 is 0. The molecule has 1 atom stereocenters. The minimum Gasteiger partial charge on any atom is -0.480 e. The third-order valence-electron chi connectivity index (χ3n) is 2.97. The number of aliphatic carboxylic acids is 1. The van der Waals surface area contributed by atoms with E-state index in [1.54, 1.807) is 6.92 Å². The van der Waals surface area contributed by atoms with Crippen molar-refractivity contribution in [2.45, 2.75) is 39.0 Å². The molecule has 3 nitrogen and oxygen atoms in total. The van der Waals surface area contributed by atoms with Gasteiger partial charge in [-0.1, -0.05) is 23.6 Å². The van der Waals surface area contributed by atoms with Gasteiger partial charge < -0.3 is 5.11 Å². The van der Waals surface area contributed by atoms with Gasteiger partial charge in [-0.3, -0.25) is 9.59 Å². The van der Waals surface area contributed by atoms with Crippen molar-refractivity contribution >= 4 is 23.4 Å². The van der Waals surface area contributed by atoms with E-state index in [0.29, 0.717) is 12.8 Å². The van der Waals surface area contributed by atoms with E-state index in [1.165, 1.54) is 5.54 Å². The smallest absolute Gasteiger partial charge is 0.317 e. The molecule has 0 aromatic carbocycles. The fourth-order valence-corrected chi connectivity index (χ4v) is 2.17. The van der Waals surface area contributed by atoms with Crippen LogP contribution in [0.5, 0.6) is 0 Å². The molecule has 1 aliphatic rings. The summed E-state index contributed by atoms with van der Waals surface area (Å²) in [6.07, 6.45) is 2.65. The number of carbonyl (C=O) groups is 2. The topological polar surface area (TPSA) is 54.4 Å². The lowest BCUT2D eigenvalue weighted by molar-refractivity contribution is -0.157. The van der Waals surface area contributed by atoms with Gasteiger partial charge in [-0.05, 0) is 26.2 Å². The first-order valence-corrected chi connectivity index (χ1v) is 5.49. The van der Waals surface area contributed by atoms with Crippen LogP contribution in [-0.2, 0) is 9.59 Å². The summed E-state index contributed by atoms with van der Waals surface area (Å²) in [6, 6.07) is 0. The van der Waals surface area contributed by atoms with Gasteiger partial charge in [-0.2, -0.15) is 0 Å². The molecule has 1 fully saturated rings. The summed E-state index contributed by atoms with van der Waals surface area (Å²) in [5.41, 5.74) is 0.884. The molecular weight excluding hydrogens is 216 g/mol. The van der Waals surface area contributed by atoms with Crippen molar-refractivity contribution in [3.8, 4) is 0 Å². The van der Waals surface area contributed by atoms with Gasteiger partial charge >= 0.3 is 5.97 Å². The summed E-state index contributed by atoms with van der Waals surface area (Å²) in [5, 5.41) is 9.21. The predicted octanol–water partition coefficient (Wildman–Crippen LogP) is 2.73. The van der Waals surface area contributed by atoms with Crippen molar-refractivity contribution in [2.24, 2.45) is 5.41 Å². The Morgan fingerprint density at radius 3 is 2.73 bits per heavy atom.